The first-order valence-corrected chi connectivity index (χ1v) is 11.8. The van der Waals surface area contributed by atoms with Crippen molar-refractivity contribution in [2.24, 2.45) is 0 Å². The molecule has 174 valence electrons. The lowest BCUT2D eigenvalue weighted by Crippen LogP contribution is -2.44. The Balaban J connectivity index is 1.07. The number of pyridine rings is 3. The van der Waals surface area contributed by atoms with Crippen LogP contribution in [0, 0.1) is 11.3 Å². The Hall–Kier alpha value is -3.48. The number of nitrogens with zero attached hydrogens (tertiary/aromatic N) is 5. The highest BCUT2D eigenvalue weighted by Crippen LogP contribution is 2.33. The Bertz CT molecular complexity index is 1340. The normalized spacial score (nSPS) is 19.9. The van der Waals surface area contributed by atoms with Crippen molar-refractivity contribution < 1.29 is 9.47 Å². The summed E-state index contributed by atoms with van der Waals surface area (Å²) in [5, 5.41) is 13.1. The maximum absolute atomic E-state index is 12.7. The smallest absolute Gasteiger partial charge is 0.251 e. The minimum absolute atomic E-state index is 0.0170. The van der Waals surface area contributed by atoms with Crippen LogP contribution in [0.1, 0.15) is 35.7 Å². The maximum Gasteiger partial charge on any atom is 0.251 e. The maximum atomic E-state index is 12.7. The third-order valence-electron chi connectivity index (χ3n) is 7.09. The van der Waals surface area contributed by atoms with Gasteiger partial charge < -0.3 is 24.3 Å². The fourth-order valence-corrected chi connectivity index (χ4v) is 5.38. The number of aromatic nitrogens is 3. The van der Waals surface area contributed by atoms with Crippen molar-refractivity contribution in [3.63, 3.8) is 0 Å². The standard InChI is InChI=1S/C25H26N6O3/c26-11-16-12-29-21-1-2-24(32)31-19(10-20(16)25(21)31)15-30-5-3-17(4-6-30)27-13-18-9-22-23(14-28-18)34-8-7-33-22/h1-2,9,12,14,17,19,27H,3-8,10,13,15H2. The predicted molar refractivity (Wildman–Crippen MR) is 125 cm³/mol. The molecule has 6 rings (SSSR count). The van der Waals surface area contributed by atoms with Crippen LogP contribution in [0.25, 0.3) is 11.0 Å². The highest BCUT2D eigenvalue weighted by atomic mass is 16.6. The van der Waals surface area contributed by atoms with Crippen molar-refractivity contribution in [3.8, 4) is 17.6 Å². The van der Waals surface area contributed by atoms with Gasteiger partial charge in [-0.15, -0.1) is 0 Å². The zero-order valence-electron chi connectivity index (χ0n) is 18.9. The fraction of sp³-hybridized carbons (Fsp3) is 0.440. The summed E-state index contributed by atoms with van der Waals surface area (Å²) in [6.07, 6.45) is 6.14. The summed E-state index contributed by atoms with van der Waals surface area (Å²) in [5.41, 5.74) is 4.08. The first-order chi connectivity index (χ1) is 16.7. The highest BCUT2D eigenvalue weighted by molar-refractivity contribution is 5.82. The van der Waals surface area contributed by atoms with E-state index in [1.54, 1.807) is 24.5 Å². The van der Waals surface area contributed by atoms with Crippen molar-refractivity contribution in [1.29, 1.82) is 5.26 Å². The van der Waals surface area contributed by atoms with Crippen LogP contribution in [-0.2, 0) is 13.0 Å². The summed E-state index contributed by atoms with van der Waals surface area (Å²) in [6, 6.07) is 8.01. The summed E-state index contributed by atoms with van der Waals surface area (Å²) in [6.45, 7) is 4.57. The van der Waals surface area contributed by atoms with Gasteiger partial charge in [0.1, 0.15) is 19.3 Å². The number of hydrogen-bond acceptors (Lipinski definition) is 8. The van der Waals surface area contributed by atoms with E-state index in [1.165, 1.54) is 0 Å². The van der Waals surface area contributed by atoms with Crippen molar-refractivity contribution >= 4 is 11.0 Å². The average molecular weight is 459 g/mol. The molecule has 6 heterocycles. The summed E-state index contributed by atoms with van der Waals surface area (Å²) in [7, 11) is 0. The van der Waals surface area contributed by atoms with Gasteiger partial charge in [0.25, 0.3) is 5.56 Å². The summed E-state index contributed by atoms with van der Waals surface area (Å²) < 4.78 is 13.1. The van der Waals surface area contributed by atoms with Crippen LogP contribution in [0.2, 0.25) is 0 Å². The fourth-order valence-electron chi connectivity index (χ4n) is 5.38. The molecule has 3 aromatic rings. The van der Waals surface area contributed by atoms with E-state index < -0.39 is 0 Å². The van der Waals surface area contributed by atoms with E-state index in [0.29, 0.717) is 43.5 Å². The van der Waals surface area contributed by atoms with Gasteiger partial charge in [-0.1, -0.05) is 0 Å². The number of likely N-dealkylation sites (tertiary alicyclic amines) is 1. The van der Waals surface area contributed by atoms with E-state index >= 15 is 0 Å². The molecule has 1 saturated heterocycles. The van der Waals surface area contributed by atoms with Crippen LogP contribution in [0.15, 0.2) is 35.4 Å². The van der Waals surface area contributed by atoms with E-state index in [0.717, 1.165) is 60.5 Å². The molecule has 0 aliphatic carbocycles. The minimum atomic E-state index is -0.0170. The molecule has 9 nitrogen and oxygen atoms in total. The molecule has 0 bridgehead atoms. The largest absolute Gasteiger partial charge is 0.486 e. The first-order valence-electron chi connectivity index (χ1n) is 11.8. The lowest BCUT2D eigenvalue weighted by molar-refractivity contribution is 0.169. The molecular weight excluding hydrogens is 432 g/mol. The second-order valence-corrected chi connectivity index (χ2v) is 9.17. The monoisotopic (exact) mass is 458 g/mol. The predicted octanol–water partition coefficient (Wildman–Crippen LogP) is 1.79. The quantitative estimate of drug-likeness (QED) is 0.617. The molecule has 0 saturated carbocycles. The van der Waals surface area contributed by atoms with Gasteiger partial charge in [0, 0.05) is 37.5 Å². The highest BCUT2D eigenvalue weighted by Gasteiger charge is 2.30. The lowest BCUT2D eigenvalue weighted by Gasteiger charge is -2.34. The Labute approximate surface area is 196 Å². The Morgan fingerprint density at radius 2 is 1.94 bits per heavy atom. The van der Waals surface area contributed by atoms with Crippen LogP contribution in [-0.4, -0.2) is 58.3 Å². The molecule has 1 unspecified atom stereocenters. The van der Waals surface area contributed by atoms with Gasteiger partial charge in [0.2, 0.25) is 0 Å². The van der Waals surface area contributed by atoms with E-state index in [9.17, 15) is 10.1 Å². The van der Waals surface area contributed by atoms with Gasteiger partial charge in [0.05, 0.1) is 34.5 Å². The topological polar surface area (TPSA) is 105 Å². The SMILES string of the molecule is N#Cc1cnc2ccc(=O)n3c2c1CC3CN1CCC(NCc2cc3c(cn2)OCCO3)CC1. The van der Waals surface area contributed by atoms with E-state index in [4.69, 9.17) is 9.47 Å². The Morgan fingerprint density at radius 1 is 1.12 bits per heavy atom. The van der Waals surface area contributed by atoms with Crippen LogP contribution < -0.4 is 20.3 Å². The molecule has 34 heavy (non-hydrogen) atoms. The van der Waals surface area contributed by atoms with Crippen molar-refractivity contribution in [1.82, 2.24) is 24.8 Å². The Kier molecular flexibility index (Phi) is 5.40. The number of rotatable bonds is 5. The molecule has 1 atom stereocenters. The number of hydrogen-bond donors (Lipinski definition) is 1. The molecule has 9 heteroatoms. The molecular formula is C25H26N6O3. The molecule has 0 radical (unpaired) electrons. The van der Waals surface area contributed by atoms with E-state index in [1.807, 2.05) is 10.6 Å². The molecule has 3 aromatic heterocycles. The van der Waals surface area contributed by atoms with Crippen molar-refractivity contribution in [3.05, 3.63) is 57.8 Å². The second kappa shape index (κ2) is 8.70. The first kappa shape index (κ1) is 21.1. The number of nitriles is 1. The van der Waals surface area contributed by atoms with Gasteiger partial charge in [-0.2, -0.15) is 5.26 Å². The molecule has 3 aliphatic rings. The number of piperidine rings is 1. The molecule has 0 aromatic carbocycles. The summed E-state index contributed by atoms with van der Waals surface area (Å²) in [4.78, 5) is 24.0. The number of nitrogens with one attached hydrogen (secondary N) is 1. The van der Waals surface area contributed by atoms with E-state index in [-0.39, 0.29) is 11.6 Å². The summed E-state index contributed by atoms with van der Waals surface area (Å²) >= 11 is 0. The minimum Gasteiger partial charge on any atom is -0.486 e. The average Bonchev–Trinajstić information content (AvgIpc) is 3.26. The van der Waals surface area contributed by atoms with Gasteiger partial charge in [-0.3, -0.25) is 14.8 Å². The third kappa shape index (κ3) is 3.79. The number of fused-ring (bicyclic) bond motifs is 1. The zero-order chi connectivity index (χ0) is 23.1. The van der Waals surface area contributed by atoms with Gasteiger partial charge >= 0.3 is 0 Å². The van der Waals surface area contributed by atoms with Crippen LogP contribution in [0.4, 0.5) is 0 Å². The summed E-state index contributed by atoms with van der Waals surface area (Å²) in [5.74, 6) is 1.48. The molecule has 3 aliphatic heterocycles. The van der Waals surface area contributed by atoms with Crippen LogP contribution in [0.5, 0.6) is 11.5 Å². The molecule has 0 spiro atoms. The van der Waals surface area contributed by atoms with Gasteiger partial charge in [-0.25, -0.2) is 0 Å². The Morgan fingerprint density at radius 3 is 2.76 bits per heavy atom. The molecule has 1 N–H and O–H groups in total. The molecule has 1 fully saturated rings. The van der Waals surface area contributed by atoms with Gasteiger partial charge in [-0.05, 0) is 44.0 Å². The van der Waals surface area contributed by atoms with Crippen LogP contribution >= 0.6 is 0 Å². The van der Waals surface area contributed by atoms with Gasteiger partial charge in [0.15, 0.2) is 11.5 Å². The zero-order valence-corrected chi connectivity index (χ0v) is 18.9. The molecule has 0 amide bonds. The van der Waals surface area contributed by atoms with Crippen molar-refractivity contribution in [2.45, 2.75) is 37.9 Å². The second-order valence-electron chi connectivity index (χ2n) is 9.17. The third-order valence-corrected chi connectivity index (χ3v) is 7.09. The van der Waals surface area contributed by atoms with E-state index in [2.05, 4.69) is 26.3 Å². The number of ether oxygens (including phenoxy) is 2. The lowest BCUT2D eigenvalue weighted by atomic mass is 10.0. The van der Waals surface area contributed by atoms with Crippen LogP contribution in [0.3, 0.4) is 0 Å². The van der Waals surface area contributed by atoms with Crippen molar-refractivity contribution in [2.75, 3.05) is 32.8 Å².